The number of hydrogen-bond donors (Lipinski definition) is 1. The van der Waals surface area contributed by atoms with Crippen LogP contribution in [0.25, 0.3) is 6.08 Å². The van der Waals surface area contributed by atoms with Crippen LogP contribution in [0.1, 0.15) is 38.2 Å². The number of aryl methyl sites for hydroxylation is 2. The first-order valence-electron chi connectivity index (χ1n) is 12.3. The third-order valence-corrected chi connectivity index (χ3v) is 7.42. The molecule has 37 heavy (non-hydrogen) atoms. The van der Waals surface area contributed by atoms with E-state index < -0.39 is 0 Å². The number of rotatable bonds is 6. The SMILES string of the molecule is Cc1ccc(CNC(=O)c2ccc(/C=C3/Sc4ccccc4N(Cc4ccc(C)cc4)C3=O)cc2)cc1. The van der Waals surface area contributed by atoms with Gasteiger partial charge in [-0.2, -0.15) is 0 Å². The monoisotopic (exact) mass is 504 g/mol. The average molecular weight is 505 g/mol. The minimum absolute atomic E-state index is 0.0239. The summed E-state index contributed by atoms with van der Waals surface area (Å²) in [4.78, 5) is 29.7. The van der Waals surface area contributed by atoms with Gasteiger partial charge in [-0.1, -0.05) is 95.7 Å². The molecule has 0 saturated heterocycles. The first-order chi connectivity index (χ1) is 18.0. The maximum absolute atomic E-state index is 13.6. The minimum atomic E-state index is -0.124. The summed E-state index contributed by atoms with van der Waals surface area (Å²) in [5.74, 6) is -0.148. The van der Waals surface area contributed by atoms with Gasteiger partial charge in [-0.15, -0.1) is 0 Å². The van der Waals surface area contributed by atoms with E-state index in [1.54, 1.807) is 12.1 Å². The Hall–Kier alpha value is -4.09. The second-order valence-corrected chi connectivity index (χ2v) is 10.3. The van der Waals surface area contributed by atoms with Gasteiger partial charge >= 0.3 is 0 Å². The van der Waals surface area contributed by atoms with Crippen LogP contribution in [0.15, 0.2) is 107 Å². The van der Waals surface area contributed by atoms with Crippen molar-refractivity contribution in [3.05, 3.63) is 135 Å². The molecule has 0 aromatic heterocycles. The molecular formula is C32H28N2O2S. The van der Waals surface area contributed by atoms with Gasteiger partial charge in [0.05, 0.1) is 17.1 Å². The molecule has 2 amide bonds. The standard InChI is InChI=1S/C32H28N2O2S/c1-22-7-11-25(12-8-22)20-33-31(35)27-17-15-24(16-18-27)19-30-32(36)34(21-26-13-9-23(2)10-14-26)28-5-3-4-6-29(28)37-30/h3-19H,20-21H2,1-2H3,(H,33,35)/b30-19+. The largest absolute Gasteiger partial charge is 0.348 e. The smallest absolute Gasteiger partial charge is 0.265 e. The lowest BCUT2D eigenvalue weighted by Gasteiger charge is -2.30. The molecule has 0 bridgehead atoms. The Kier molecular flexibility index (Phi) is 7.24. The van der Waals surface area contributed by atoms with E-state index in [-0.39, 0.29) is 11.8 Å². The first-order valence-corrected chi connectivity index (χ1v) is 13.1. The average Bonchev–Trinajstić information content (AvgIpc) is 2.92. The van der Waals surface area contributed by atoms with E-state index in [4.69, 9.17) is 0 Å². The zero-order chi connectivity index (χ0) is 25.8. The summed E-state index contributed by atoms with van der Waals surface area (Å²) in [6.45, 7) is 5.08. The molecule has 1 heterocycles. The highest BCUT2D eigenvalue weighted by Crippen LogP contribution is 2.42. The van der Waals surface area contributed by atoms with Gasteiger partial charge in [0.1, 0.15) is 0 Å². The maximum atomic E-state index is 13.6. The molecule has 5 rings (SSSR count). The van der Waals surface area contributed by atoms with E-state index in [1.807, 2.05) is 78.6 Å². The summed E-state index contributed by atoms with van der Waals surface area (Å²) in [5.41, 5.74) is 6.91. The van der Waals surface area contributed by atoms with Gasteiger partial charge in [0, 0.05) is 17.0 Å². The number of fused-ring (bicyclic) bond motifs is 1. The van der Waals surface area contributed by atoms with Crippen molar-refractivity contribution in [2.75, 3.05) is 4.90 Å². The Balaban J connectivity index is 1.32. The first kappa shape index (κ1) is 24.6. The van der Waals surface area contributed by atoms with Crippen molar-refractivity contribution in [3.8, 4) is 0 Å². The van der Waals surface area contributed by atoms with Crippen LogP contribution in [0.4, 0.5) is 5.69 Å². The number of nitrogens with one attached hydrogen (secondary N) is 1. The minimum Gasteiger partial charge on any atom is -0.348 e. The number of carbonyl (C=O) groups is 2. The van der Waals surface area contributed by atoms with E-state index in [1.165, 1.54) is 22.9 Å². The summed E-state index contributed by atoms with van der Waals surface area (Å²) < 4.78 is 0. The summed E-state index contributed by atoms with van der Waals surface area (Å²) in [7, 11) is 0. The highest BCUT2D eigenvalue weighted by atomic mass is 32.2. The number of benzene rings is 4. The molecule has 0 aliphatic carbocycles. The van der Waals surface area contributed by atoms with Crippen LogP contribution in [0.2, 0.25) is 0 Å². The fourth-order valence-electron chi connectivity index (χ4n) is 4.17. The second-order valence-electron chi connectivity index (χ2n) is 9.25. The van der Waals surface area contributed by atoms with Crippen molar-refractivity contribution in [3.63, 3.8) is 0 Å². The van der Waals surface area contributed by atoms with Gasteiger partial charge in [0.15, 0.2) is 0 Å². The van der Waals surface area contributed by atoms with Gasteiger partial charge in [-0.05, 0) is 60.9 Å². The number of hydrogen-bond acceptors (Lipinski definition) is 3. The van der Waals surface area contributed by atoms with Gasteiger partial charge in [-0.3, -0.25) is 9.59 Å². The van der Waals surface area contributed by atoms with Gasteiger partial charge in [0.25, 0.3) is 11.8 Å². The van der Waals surface area contributed by atoms with Crippen LogP contribution in [0.3, 0.4) is 0 Å². The van der Waals surface area contributed by atoms with E-state index in [9.17, 15) is 9.59 Å². The lowest BCUT2D eigenvalue weighted by atomic mass is 10.1. The Morgan fingerprint density at radius 1 is 0.811 bits per heavy atom. The molecular weight excluding hydrogens is 476 g/mol. The highest BCUT2D eigenvalue weighted by Gasteiger charge is 2.29. The summed E-state index contributed by atoms with van der Waals surface area (Å²) in [5, 5.41) is 2.97. The lowest BCUT2D eigenvalue weighted by molar-refractivity contribution is -0.114. The van der Waals surface area contributed by atoms with Crippen LogP contribution in [0, 0.1) is 13.8 Å². The van der Waals surface area contributed by atoms with Crippen LogP contribution in [-0.2, 0) is 17.9 Å². The quantitative estimate of drug-likeness (QED) is 0.290. The Labute approximate surface area is 222 Å². The summed E-state index contributed by atoms with van der Waals surface area (Å²) in [6, 6.07) is 31.7. The molecule has 4 aromatic carbocycles. The fourth-order valence-corrected chi connectivity index (χ4v) is 5.23. The van der Waals surface area contributed by atoms with E-state index in [2.05, 4.69) is 36.5 Å². The molecule has 0 unspecified atom stereocenters. The normalized spacial score (nSPS) is 13.9. The van der Waals surface area contributed by atoms with Crippen LogP contribution < -0.4 is 10.2 Å². The Morgan fingerprint density at radius 3 is 2.11 bits per heavy atom. The fraction of sp³-hybridized carbons (Fsp3) is 0.125. The lowest BCUT2D eigenvalue weighted by Crippen LogP contribution is -2.33. The number of nitrogens with zero attached hydrogens (tertiary/aromatic N) is 1. The van der Waals surface area contributed by atoms with Crippen LogP contribution in [-0.4, -0.2) is 11.8 Å². The Bertz CT molecular complexity index is 1460. The van der Waals surface area contributed by atoms with Crippen molar-refractivity contribution in [1.82, 2.24) is 5.32 Å². The molecule has 0 saturated carbocycles. The topological polar surface area (TPSA) is 49.4 Å². The van der Waals surface area contributed by atoms with Gasteiger partial charge in [-0.25, -0.2) is 0 Å². The van der Waals surface area contributed by atoms with E-state index in [0.717, 1.165) is 27.3 Å². The number of thioether (sulfide) groups is 1. The predicted molar refractivity (Wildman–Crippen MR) is 151 cm³/mol. The molecule has 0 spiro atoms. The predicted octanol–water partition coefficient (Wildman–Crippen LogP) is 6.91. The van der Waals surface area contributed by atoms with E-state index in [0.29, 0.717) is 23.6 Å². The molecule has 5 heteroatoms. The number of anilines is 1. The van der Waals surface area contributed by atoms with Crippen molar-refractivity contribution in [2.45, 2.75) is 31.8 Å². The maximum Gasteiger partial charge on any atom is 0.265 e. The third kappa shape index (κ3) is 5.84. The molecule has 0 radical (unpaired) electrons. The van der Waals surface area contributed by atoms with Gasteiger partial charge < -0.3 is 10.2 Å². The number of carbonyl (C=O) groups excluding carboxylic acids is 2. The molecule has 0 atom stereocenters. The summed E-state index contributed by atoms with van der Waals surface area (Å²) >= 11 is 1.48. The molecule has 1 aliphatic heterocycles. The van der Waals surface area contributed by atoms with Crippen LogP contribution in [0.5, 0.6) is 0 Å². The zero-order valence-electron chi connectivity index (χ0n) is 20.9. The van der Waals surface area contributed by atoms with Crippen molar-refractivity contribution in [2.24, 2.45) is 0 Å². The summed E-state index contributed by atoms with van der Waals surface area (Å²) in [6.07, 6.45) is 1.90. The second kappa shape index (κ2) is 10.9. The third-order valence-electron chi connectivity index (χ3n) is 6.34. The van der Waals surface area contributed by atoms with Crippen LogP contribution >= 0.6 is 11.8 Å². The van der Waals surface area contributed by atoms with Crippen molar-refractivity contribution >= 4 is 35.3 Å². The van der Waals surface area contributed by atoms with Crippen molar-refractivity contribution < 1.29 is 9.59 Å². The van der Waals surface area contributed by atoms with E-state index >= 15 is 0 Å². The van der Waals surface area contributed by atoms with Crippen molar-refractivity contribution in [1.29, 1.82) is 0 Å². The number of para-hydroxylation sites is 1. The molecule has 4 aromatic rings. The highest BCUT2D eigenvalue weighted by molar-refractivity contribution is 8.04. The number of amides is 2. The molecule has 4 nitrogen and oxygen atoms in total. The van der Waals surface area contributed by atoms with Gasteiger partial charge in [0.2, 0.25) is 0 Å². The molecule has 1 N–H and O–H groups in total. The molecule has 0 fully saturated rings. The molecule has 1 aliphatic rings. The zero-order valence-corrected chi connectivity index (χ0v) is 21.7. The Morgan fingerprint density at radius 2 is 1.43 bits per heavy atom. The molecule has 184 valence electrons.